The van der Waals surface area contributed by atoms with Crippen molar-refractivity contribution in [2.24, 2.45) is 0 Å². The lowest BCUT2D eigenvalue weighted by Crippen LogP contribution is -2.45. The fourth-order valence-electron chi connectivity index (χ4n) is 5.08. The van der Waals surface area contributed by atoms with Gasteiger partial charge in [0.1, 0.15) is 5.82 Å². The molecule has 5 rings (SSSR count). The molecule has 1 saturated heterocycles. The third-order valence-electron chi connectivity index (χ3n) is 6.89. The molecule has 2 heterocycles. The third kappa shape index (κ3) is 3.77. The van der Waals surface area contributed by atoms with Gasteiger partial charge in [0.05, 0.1) is 0 Å². The van der Waals surface area contributed by atoms with E-state index in [0.29, 0.717) is 12.1 Å². The second kappa shape index (κ2) is 7.93. The molecule has 0 unspecified atom stereocenters. The average molecular weight is 415 g/mol. The second-order valence-electron chi connectivity index (χ2n) is 8.96. The van der Waals surface area contributed by atoms with Crippen LogP contribution < -0.4 is 4.90 Å². The Kier molecular flexibility index (Phi) is 5.11. The maximum atomic E-state index is 14.2. The van der Waals surface area contributed by atoms with Gasteiger partial charge in [0, 0.05) is 29.8 Å². The smallest absolute Gasteiger partial charge is 0.258 e. The largest absolute Gasteiger partial charge is 0.307 e. The van der Waals surface area contributed by atoms with E-state index in [4.69, 9.17) is 0 Å². The van der Waals surface area contributed by atoms with Crippen LogP contribution in [-0.2, 0) is 12.0 Å². The van der Waals surface area contributed by atoms with E-state index in [-0.39, 0.29) is 17.1 Å². The lowest BCUT2D eigenvalue weighted by atomic mass is 9.74. The number of carbonyl (C=O) groups excluding carboxylic acids is 1. The first-order valence-electron chi connectivity index (χ1n) is 11.0. The number of hydrogen-bond acceptors (Lipinski definition) is 2. The highest BCUT2D eigenvalue weighted by Gasteiger charge is 2.46. The van der Waals surface area contributed by atoms with Gasteiger partial charge in [-0.3, -0.25) is 9.69 Å². The van der Waals surface area contributed by atoms with Crippen LogP contribution in [0.15, 0.2) is 72.8 Å². The minimum absolute atomic E-state index is 0.00329. The zero-order valence-electron chi connectivity index (χ0n) is 17.9. The summed E-state index contributed by atoms with van der Waals surface area (Å²) in [6.07, 6.45) is 1.85. The van der Waals surface area contributed by atoms with Gasteiger partial charge in [-0.25, -0.2) is 4.39 Å². The van der Waals surface area contributed by atoms with Crippen molar-refractivity contribution in [3.63, 3.8) is 0 Å². The van der Waals surface area contributed by atoms with E-state index in [2.05, 4.69) is 29.2 Å². The summed E-state index contributed by atoms with van der Waals surface area (Å²) in [7, 11) is 0. The number of piperidine rings is 1. The van der Waals surface area contributed by atoms with Crippen LogP contribution in [0.2, 0.25) is 0 Å². The summed E-state index contributed by atoms with van der Waals surface area (Å²) in [5.74, 6) is -0.231. The van der Waals surface area contributed by atoms with Crippen LogP contribution in [0.5, 0.6) is 0 Å². The van der Waals surface area contributed by atoms with Crippen molar-refractivity contribution in [3.05, 3.63) is 101 Å². The van der Waals surface area contributed by atoms with Gasteiger partial charge < -0.3 is 4.90 Å². The van der Waals surface area contributed by atoms with Crippen molar-refractivity contribution in [2.75, 3.05) is 24.5 Å². The number of benzene rings is 3. The van der Waals surface area contributed by atoms with Gasteiger partial charge in [-0.1, -0.05) is 48.0 Å². The Balaban J connectivity index is 1.40. The first-order chi connectivity index (χ1) is 15.0. The average Bonchev–Trinajstić information content (AvgIpc) is 3.09. The molecule has 0 aromatic heterocycles. The van der Waals surface area contributed by atoms with Crippen molar-refractivity contribution in [1.29, 1.82) is 0 Å². The standard InChI is InChI=1S/C27H27FN2O/c1-20-7-9-22(10-8-20)26(31)30-19-27(24-17-23(28)11-12-25(24)30)13-15-29(16-14-27)18-21-5-3-2-4-6-21/h2-12,17H,13-16,18-19H2,1H3. The van der Waals surface area contributed by atoms with Crippen LogP contribution in [-0.4, -0.2) is 30.4 Å². The molecule has 3 aromatic rings. The molecule has 0 aliphatic carbocycles. The first kappa shape index (κ1) is 20.0. The number of hydrogen-bond donors (Lipinski definition) is 0. The number of halogens is 1. The van der Waals surface area contributed by atoms with Crippen LogP contribution in [0.1, 0.15) is 39.9 Å². The molecule has 0 radical (unpaired) electrons. The lowest BCUT2D eigenvalue weighted by Gasteiger charge is -2.40. The normalized spacial score (nSPS) is 17.7. The Morgan fingerprint density at radius 2 is 1.68 bits per heavy atom. The second-order valence-corrected chi connectivity index (χ2v) is 8.96. The van der Waals surface area contributed by atoms with Crippen molar-refractivity contribution in [1.82, 2.24) is 4.90 Å². The number of fused-ring (bicyclic) bond motifs is 2. The van der Waals surface area contributed by atoms with Gasteiger partial charge in [-0.05, 0) is 74.3 Å². The predicted octanol–water partition coefficient (Wildman–Crippen LogP) is 5.33. The van der Waals surface area contributed by atoms with E-state index in [9.17, 15) is 9.18 Å². The van der Waals surface area contributed by atoms with Crippen LogP contribution >= 0.6 is 0 Å². The van der Waals surface area contributed by atoms with Crippen molar-refractivity contribution < 1.29 is 9.18 Å². The Hall–Kier alpha value is -2.98. The Bertz CT molecular complexity index is 1090. The molecule has 158 valence electrons. The number of carbonyl (C=O) groups is 1. The van der Waals surface area contributed by atoms with Gasteiger partial charge in [-0.2, -0.15) is 0 Å². The highest BCUT2D eigenvalue weighted by atomic mass is 19.1. The zero-order valence-corrected chi connectivity index (χ0v) is 17.9. The van der Waals surface area contributed by atoms with Crippen LogP contribution in [0, 0.1) is 12.7 Å². The summed E-state index contributed by atoms with van der Waals surface area (Å²) in [6.45, 7) is 5.45. The summed E-state index contributed by atoms with van der Waals surface area (Å²) in [5, 5.41) is 0. The van der Waals surface area contributed by atoms with E-state index in [1.807, 2.05) is 42.2 Å². The Morgan fingerprint density at radius 1 is 0.968 bits per heavy atom. The number of amides is 1. The van der Waals surface area contributed by atoms with Gasteiger partial charge in [-0.15, -0.1) is 0 Å². The quantitative estimate of drug-likeness (QED) is 0.578. The van der Waals surface area contributed by atoms with E-state index in [0.717, 1.165) is 49.3 Å². The molecule has 4 heteroatoms. The van der Waals surface area contributed by atoms with Gasteiger partial charge in [0.15, 0.2) is 0 Å². The molecule has 0 atom stereocenters. The molecule has 1 fully saturated rings. The molecule has 0 saturated carbocycles. The number of aryl methyl sites for hydroxylation is 1. The Morgan fingerprint density at radius 3 is 2.39 bits per heavy atom. The number of nitrogens with zero attached hydrogens (tertiary/aromatic N) is 2. The molecule has 2 aliphatic rings. The molecular formula is C27H27FN2O. The molecule has 3 nitrogen and oxygen atoms in total. The van der Waals surface area contributed by atoms with Gasteiger partial charge in [0.2, 0.25) is 0 Å². The SMILES string of the molecule is Cc1ccc(C(=O)N2CC3(CCN(Cc4ccccc4)CC3)c3cc(F)ccc32)cc1. The van der Waals surface area contributed by atoms with E-state index in [1.54, 1.807) is 12.1 Å². The third-order valence-corrected chi connectivity index (χ3v) is 6.89. The fraction of sp³-hybridized carbons (Fsp3) is 0.296. The van der Waals surface area contributed by atoms with Crippen LogP contribution in [0.4, 0.5) is 10.1 Å². The molecule has 1 amide bonds. The highest BCUT2D eigenvalue weighted by Crippen LogP contribution is 2.47. The zero-order chi connectivity index (χ0) is 21.4. The number of likely N-dealkylation sites (tertiary alicyclic amines) is 1. The topological polar surface area (TPSA) is 23.6 Å². The van der Waals surface area contributed by atoms with Gasteiger partial charge >= 0.3 is 0 Å². The first-order valence-corrected chi connectivity index (χ1v) is 11.0. The minimum Gasteiger partial charge on any atom is -0.307 e. The maximum Gasteiger partial charge on any atom is 0.258 e. The molecule has 2 aliphatic heterocycles. The maximum absolute atomic E-state index is 14.2. The molecule has 0 bridgehead atoms. The van der Waals surface area contributed by atoms with Crippen molar-refractivity contribution >= 4 is 11.6 Å². The summed E-state index contributed by atoms with van der Waals surface area (Å²) in [5.41, 5.74) is 4.80. The van der Waals surface area contributed by atoms with Crippen LogP contribution in [0.3, 0.4) is 0 Å². The minimum atomic E-state index is -0.227. The monoisotopic (exact) mass is 414 g/mol. The fourth-order valence-corrected chi connectivity index (χ4v) is 5.08. The molecule has 1 spiro atoms. The molecule has 3 aromatic carbocycles. The summed E-state index contributed by atoms with van der Waals surface area (Å²) < 4.78 is 14.2. The number of rotatable bonds is 3. The summed E-state index contributed by atoms with van der Waals surface area (Å²) in [6, 6.07) is 23.1. The predicted molar refractivity (Wildman–Crippen MR) is 122 cm³/mol. The molecule has 31 heavy (non-hydrogen) atoms. The lowest BCUT2D eigenvalue weighted by molar-refractivity contribution is 0.0975. The summed E-state index contributed by atoms with van der Waals surface area (Å²) in [4.78, 5) is 17.7. The van der Waals surface area contributed by atoms with Gasteiger partial charge in [0.25, 0.3) is 5.91 Å². The molecule has 0 N–H and O–H groups in total. The highest BCUT2D eigenvalue weighted by molar-refractivity contribution is 6.07. The summed E-state index contributed by atoms with van der Waals surface area (Å²) >= 11 is 0. The number of anilines is 1. The van der Waals surface area contributed by atoms with Crippen molar-refractivity contribution in [2.45, 2.75) is 31.7 Å². The van der Waals surface area contributed by atoms with Crippen molar-refractivity contribution in [3.8, 4) is 0 Å². The Labute approximate surface area is 183 Å². The van der Waals surface area contributed by atoms with E-state index < -0.39 is 0 Å². The van der Waals surface area contributed by atoms with E-state index >= 15 is 0 Å². The van der Waals surface area contributed by atoms with E-state index in [1.165, 1.54) is 11.6 Å². The van der Waals surface area contributed by atoms with Crippen LogP contribution in [0.25, 0.3) is 0 Å². The molecular weight excluding hydrogens is 387 g/mol.